The van der Waals surface area contributed by atoms with Crippen LogP contribution >= 0.6 is 0 Å². The molecule has 0 unspecified atom stereocenters. The summed E-state index contributed by atoms with van der Waals surface area (Å²) in [7, 11) is 1.74. The summed E-state index contributed by atoms with van der Waals surface area (Å²) >= 11 is 0. The summed E-state index contributed by atoms with van der Waals surface area (Å²) in [5, 5.41) is 2.99. The van der Waals surface area contributed by atoms with Gasteiger partial charge in [0.1, 0.15) is 11.9 Å². The number of halogens is 2. The minimum Gasteiger partial charge on any atom is -0.352 e. The Morgan fingerprint density at radius 2 is 2.08 bits per heavy atom. The number of hydrogen-bond donors (Lipinski definition) is 1. The minimum absolute atomic E-state index is 0.110. The summed E-state index contributed by atoms with van der Waals surface area (Å²) in [5.74, 6) is 0.119. The maximum absolute atomic E-state index is 13.0. The first kappa shape index (κ1) is 16.6. The van der Waals surface area contributed by atoms with Gasteiger partial charge in [0.05, 0.1) is 6.54 Å². The molecule has 1 aliphatic carbocycles. The molecule has 1 N–H and O–H groups in total. The second-order valence-corrected chi connectivity index (χ2v) is 6.04. The predicted octanol–water partition coefficient (Wildman–Crippen LogP) is 2.73. The van der Waals surface area contributed by atoms with E-state index in [1.165, 1.54) is 12.4 Å². The van der Waals surface area contributed by atoms with E-state index in [1.807, 2.05) is 30.3 Å². The van der Waals surface area contributed by atoms with Crippen molar-refractivity contribution in [1.82, 2.24) is 19.8 Å². The molecule has 1 aromatic carbocycles. The number of likely N-dealkylation sites (N-methyl/N-ethyl adjacent to an activating group) is 1. The van der Waals surface area contributed by atoms with Gasteiger partial charge < -0.3 is 5.32 Å². The van der Waals surface area contributed by atoms with E-state index in [9.17, 15) is 13.6 Å². The van der Waals surface area contributed by atoms with Crippen LogP contribution in [0.1, 0.15) is 36.8 Å². The molecule has 0 spiro atoms. The molecule has 1 saturated carbocycles. The van der Waals surface area contributed by atoms with Crippen LogP contribution in [0.15, 0.2) is 42.7 Å². The van der Waals surface area contributed by atoms with Crippen LogP contribution < -0.4 is 5.32 Å². The summed E-state index contributed by atoms with van der Waals surface area (Å²) in [6, 6.07) is 9.03. The lowest BCUT2D eigenvalue weighted by molar-refractivity contribution is -0.126. The standard InChI is InChI=1S/C17H20F2N4O/c1-22(11-14-20-9-10-23(14)17(18)19)15(12-5-3-2-4-6-12)16(24)21-13-7-8-13/h2-6,9-10,13,15,17H,7-8,11H2,1H3,(H,21,24)/t15-/m1/s1. The lowest BCUT2D eigenvalue weighted by Crippen LogP contribution is -2.39. The van der Waals surface area contributed by atoms with Crippen LogP contribution in [-0.2, 0) is 11.3 Å². The highest BCUT2D eigenvalue weighted by molar-refractivity contribution is 5.83. The number of carbonyl (C=O) groups is 1. The van der Waals surface area contributed by atoms with E-state index in [0.717, 1.165) is 23.0 Å². The molecule has 1 amide bonds. The Morgan fingerprint density at radius 1 is 1.38 bits per heavy atom. The van der Waals surface area contributed by atoms with Gasteiger partial charge in [-0.3, -0.25) is 14.3 Å². The molecule has 2 aromatic rings. The molecule has 7 heteroatoms. The summed E-state index contributed by atoms with van der Waals surface area (Å²) < 4.78 is 26.8. The Kier molecular flexibility index (Phi) is 4.89. The Labute approximate surface area is 139 Å². The van der Waals surface area contributed by atoms with Crippen LogP contribution in [0.2, 0.25) is 0 Å². The zero-order chi connectivity index (χ0) is 17.1. The van der Waals surface area contributed by atoms with Crippen LogP contribution in [0.3, 0.4) is 0 Å². The predicted molar refractivity (Wildman–Crippen MR) is 85.3 cm³/mol. The molecule has 1 atom stereocenters. The third kappa shape index (κ3) is 3.79. The van der Waals surface area contributed by atoms with Crippen molar-refractivity contribution in [2.75, 3.05) is 7.05 Å². The average molecular weight is 334 g/mol. The number of imidazole rings is 1. The highest BCUT2D eigenvalue weighted by atomic mass is 19.3. The van der Waals surface area contributed by atoms with E-state index < -0.39 is 12.6 Å². The molecule has 128 valence electrons. The number of alkyl halides is 2. The summed E-state index contributed by atoms with van der Waals surface area (Å²) in [4.78, 5) is 18.4. The van der Waals surface area contributed by atoms with E-state index >= 15 is 0 Å². The van der Waals surface area contributed by atoms with Crippen molar-refractivity contribution in [2.24, 2.45) is 0 Å². The van der Waals surface area contributed by atoms with Crippen molar-refractivity contribution >= 4 is 5.91 Å². The molecule has 0 aliphatic heterocycles. The van der Waals surface area contributed by atoms with Gasteiger partial charge in [-0.2, -0.15) is 8.78 Å². The van der Waals surface area contributed by atoms with Crippen LogP contribution in [0.5, 0.6) is 0 Å². The number of nitrogens with one attached hydrogen (secondary N) is 1. The normalized spacial score (nSPS) is 15.7. The molecule has 0 radical (unpaired) electrons. The molecule has 0 saturated heterocycles. The monoisotopic (exact) mass is 334 g/mol. The van der Waals surface area contributed by atoms with E-state index in [-0.39, 0.29) is 24.3 Å². The van der Waals surface area contributed by atoms with Gasteiger partial charge in [0, 0.05) is 18.4 Å². The first-order valence-electron chi connectivity index (χ1n) is 7.91. The molecule has 0 bridgehead atoms. The summed E-state index contributed by atoms with van der Waals surface area (Å²) in [5.41, 5.74) is 0.827. The molecule has 5 nitrogen and oxygen atoms in total. The van der Waals surface area contributed by atoms with Crippen molar-refractivity contribution in [1.29, 1.82) is 0 Å². The molecular weight excluding hydrogens is 314 g/mol. The van der Waals surface area contributed by atoms with E-state index in [4.69, 9.17) is 0 Å². The fourth-order valence-electron chi connectivity index (χ4n) is 2.71. The van der Waals surface area contributed by atoms with Gasteiger partial charge in [-0.05, 0) is 25.5 Å². The Morgan fingerprint density at radius 3 is 2.71 bits per heavy atom. The van der Waals surface area contributed by atoms with Crippen LogP contribution in [0.25, 0.3) is 0 Å². The third-order valence-corrected chi connectivity index (χ3v) is 4.08. The van der Waals surface area contributed by atoms with Crippen LogP contribution in [0, 0.1) is 0 Å². The van der Waals surface area contributed by atoms with Gasteiger partial charge in [0.25, 0.3) is 0 Å². The minimum atomic E-state index is -2.65. The largest absolute Gasteiger partial charge is 0.352 e. The van der Waals surface area contributed by atoms with Gasteiger partial charge in [-0.1, -0.05) is 30.3 Å². The van der Waals surface area contributed by atoms with E-state index in [2.05, 4.69) is 10.3 Å². The number of hydrogen-bond acceptors (Lipinski definition) is 3. The maximum Gasteiger partial charge on any atom is 0.319 e. The zero-order valence-corrected chi connectivity index (χ0v) is 13.4. The fourth-order valence-corrected chi connectivity index (χ4v) is 2.71. The number of carbonyl (C=O) groups excluding carboxylic acids is 1. The van der Waals surface area contributed by atoms with Gasteiger partial charge in [-0.25, -0.2) is 4.98 Å². The number of rotatable bonds is 7. The van der Waals surface area contributed by atoms with Crippen LogP contribution in [-0.4, -0.2) is 33.4 Å². The Hall–Kier alpha value is -2.28. The third-order valence-electron chi connectivity index (χ3n) is 4.08. The Bertz CT molecular complexity index is 685. The first-order valence-corrected chi connectivity index (χ1v) is 7.91. The number of aromatic nitrogens is 2. The van der Waals surface area contributed by atoms with Crippen molar-refractivity contribution in [3.05, 3.63) is 54.1 Å². The fraction of sp³-hybridized carbons (Fsp3) is 0.412. The highest BCUT2D eigenvalue weighted by Gasteiger charge is 2.31. The van der Waals surface area contributed by atoms with Crippen molar-refractivity contribution in [3.8, 4) is 0 Å². The van der Waals surface area contributed by atoms with Gasteiger partial charge in [0.15, 0.2) is 0 Å². The summed E-state index contributed by atoms with van der Waals surface area (Å²) in [6.45, 7) is -2.50. The van der Waals surface area contributed by atoms with Crippen molar-refractivity contribution in [3.63, 3.8) is 0 Å². The molecule has 24 heavy (non-hydrogen) atoms. The van der Waals surface area contributed by atoms with Gasteiger partial charge >= 0.3 is 6.55 Å². The molecule has 1 aliphatic rings. The van der Waals surface area contributed by atoms with Crippen molar-refractivity contribution in [2.45, 2.75) is 38.0 Å². The maximum atomic E-state index is 13.0. The highest BCUT2D eigenvalue weighted by Crippen LogP contribution is 2.25. The van der Waals surface area contributed by atoms with Gasteiger partial charge in [-0.15, -0.1) is 0 Å². The second kappa shape index (κ2) is 7.09. The number of amides is 1. The second-order valence-electron chi connectivity index (χ2n) is 6.04. The van der Waals surface area contributed by atoms with E-state index in [0.29, 0.717) is 0 Å². The average Bonchev–Trinajstić information content (AvgIpc) is 3.23. The summed E-state index contributed by atoms with van der Waals surface area (Å²) in [6.07, 6.45) is 4.58. The Balaban J connectivity index is 1.81. The molecule has 1 aromatic heterocycles. The van der Waals surface area contributed by atoms with E-state index in [1.54, 1.807) is 11.9 Å². The quantitative estimate of drug-likeness (QED) is 0.847. The number of benzene rings is 1. The van der Waals surface area contributed by atoms with Gasteiger partial charge in [0.2, 0.25) is 5.91 Å². The molecule has 1 heterocycles. The zero-order valence-electron chi connectivity index (χ0n) is 13.4. The number of nitrogens with zero attached hydrogens (tertiary/aromatic N) is 3. The SMILES string of the molecule is CN(Cc1nccn1C(F)F)[C@@H](C(=O)NC1CC1)c1ccccc1. The molecule has 3 rings (SSSR count). The van der Waals surface area contributed by atoms with Crippen molar-refractivity contribution < 1.29 is 13.6 Å². The molecular formula is C17H20F2N4O. The first-order chi connectivity index (χ1) is 11.6. The smallest absolute Gasteiger partial charge is 0.319 e. The lowest BCUT2D eigenvalue weighted by atomic mass is 10.0. The van der Waals surface area contributed by atoms with Crippen LogP contribution in [0.4, 0.5) is 8.78 Å². The topological polar surface area (TPSA) is 50.2 Å². The molecule has 1 fully saturated rings. The lowest BCUT2D eigenvalue weighted by Gasteiger charge is -2.27.